The van der Waals surface area contributed by atoms with Crippen LogP contribution in [0.25, 0.3) is 0 Å². The summed E-state index contributed by atoms with van der Waals surface area (Å²) >= 11 is 0. The van der Waals surface area contributed by atoms with E-state index in [-0.39, 0.29) is 62.6 Å². The minimum Gasteiger partial charge on any atom is -0.480 e. The minimum atomic E-state index is -1.65. The molecule has 1 fully saturated rings. The number of imidazole rings is 1. The molecule has 6 amide bonds. The number of aliphatic carboxylic acids is 1. The van der Waals surface area contributed by atoms with Crippen LogP contribution < -0.4 is 37.9 Å². The van der Waals surface area contributed by atoms with Crippen LogP contribution in [-0.2, 0) is 35.2 Å². The van der Waals surface area contributed by atoms with E-state index < -0.39 is 60.8 Å². The van der Waals surface area contributed by atoms with Crippen molar-refractivity contribution >= 4 is 54.2 Å². The molecule has 54 heavy (non-hydrogen) atoms. The van der Waals surface area contributed by atoms with Crippen LogP contribution in [0.4, 0.5) is 5.69 Å². The van der Waals surface area contributed by atoms with Gasteiger partial charge < -0.3 is 52.0 Å². The molecule has 20 nitrogen and oxygen atoms in total. The molecule has 1 aliphatic heterocycles. The Balaban J connectivity index is 1.29. The van der Waals surface area contributed by atoms with Crippen molar-refractivity contribution in [3.05, 3.63) is 48.0 Å². The molecule has 0 radical (unpaired) electrons. The van der Waals surface area contributed by atoms with E-state index in [2.05, 4.69) is 42.1 Å². The number of aromatic amines is 1. The van der Waals surface area contributed by atoms with Crippen molar-refractivity contribution < 1.29 is 48.7 Å². The van der Waals surface area contributed by atoms with Gasteiger partial charge in [-0.25, -0.2) is 9.78 Å². The Hall–Kier alpha value is -5.54. The number of carboxylic acids is 1. The summed E-state index contributed by atoms with van der Waals surface area (Å²) in [5.74, 6) is -4.79. The number of carbonyl (C=O) groups is 7. The Morgan fingerprint density at radius 1 is 0.963 bits per heavy atom. The first-order chi connectivity index (χ1) is 25.8. The number of carboxylic acid groups (broad SMARTS) is 1. The van der Waals surface area contributed by atoms with Crippen molar-refractivity contribution in [1.29, 1.82) is 0 Å². The van der Waals surface area contributed by atoms with Gasteiger partial charge in [-0.1, -0.05) is 0 Å². The summed E-state index contributed by atoms with van der Waals surface area (Å²) in [5, 5.41) is 38.9. The van der Waals surface area contributed by atoms with Crippen LogP contribution in [-0.4, -0.2) is 122 Å². The van der Waals surface area contributed by atoms with Gasteiger partial charge in [0.2, 0.25) is 29.5 Å². The molecule has 2 heterocycles. The average molecular weight is 757 g/mol. The van der Waals surface area contributed by atoms with Gasteiger partial charge in [-0.2, -0.15) is 0 Å². The maximum atomic E-state index is 12.8. The number of aromatic nitrogens is 2. The number of nitrogens with two attached hydrogens (primary N) is 1. The van der Waals surface area contributed by atoms with E-state index in [1.165, 1.54) is 36.5 Å². The monoisotopic (exact) mass is 756 g/mol. The highest BCUT2D eigenvalue weighted by Crippen LogP contribution is 2.19. The lowest BCUT2D eigenvalue weighted by Crippen LogP contribution is -2.53. The number of hydrogen-bond acceptors (Lipinski definition) is 12. The predicted octanol–water partition coefficient (Wildman–Crippen LogP) is -2.31. The largest absolute Gasteiger partial charge is 0.480 e. The summed E-state index contributed by atoms with van der Waals surface area (Å²) < 4.78 is 0. The molecule has 1 aliphatic rings. The fourth-order valence-corrected chi connectivity index (χ4v) is 5.68. The van der Waals surface area contributed by atoms with E-state index in [1.54, 1.807) is 12.1 Å². The second-order valence-electron chi connectivity index (χ2n) is 12.8. The molecule has 3 rings (SSSR count). The lowest BCUT2D eigenvalue weighted by molar-refractivity contribution is -0.142. The lowest BCUT2D eigenvalue weighted by Gasteiger charge is -2.27. The summed E-state index contributed by atoms with van der Waals surface area (Å²) in [7, 11) is -1.65. The summed E-state index contributed by atoms with van der Waals surface area (Å²) in [5.41, 5.74) is 11.9. The van der Waals surface area contributed by atoms with E-state index in [4.69, 9.17) is 5.73 Å². The molecule has 12 N–H and O–H groups in total. The molecule has 1 aromatic carbocycles. The zero-order chi connectivity index (χ0) is 39.6. The Kier molecular flexibility index (Phi) is 17.4. The van der Waals surface area contributed by atoms with Crippen molar-refractivity contribution in [1.82, 2.24) is 41.6 Å². The number of likely N-dealkylation sites (tertiary alicyclic amines) is 1. The van der Waals surface area contributed by atoms with Gasteiger partial charge in [0.15, 0.2) is 0 Å². The highest BCUT2D eigenvalue weighted by molar-refractivity contribution is 6.43. The van der Waals surface area contributed by atoms with Crippen LogP contribution in [0.5, 0.6) is 0 Å². The quantitative estimate of drug-likeness (QED) is 0.0342. The second kappa shape index (κ2) is 21.9. The smallest absolute Gasteiger partial charge is 0.475 e. The molecule has 0 unspecified atom stereocenters. The van der Waals surface area contributed by atoms with Gasteiger partial charge in [-0.3, -0.25) is 39.6 Å². The average Bonchev–Trinajstić information content (AvgIpc) is 3.86. The molecule has 294 valence electrons. The molecular weight excluding hydrogens is 707 g/mol. The van der Waals surface area contributed by atoms with Crippen molar-refractivity contribution in [2.75, 3.05) is 25.1 Å². The molecule has 21 heteroatoms. The Labute approximate surface area is 311 Å². The van der Waals surface area contributed by atoms with Crippen LogP contribution in [0.2, 0.25) is 0 Å². The maximum Gasteiger partial charge on any atom is 0.475 e. The Bertz CT molecular complexity index is 1580. The first kappa shape index (κ1) is 42.9. The third-order valence-corrected chi connectivity index (χ3v) is 8.62. The molecule has 4 atom stereocenters. The number of H-pyrrole nitrogens is 1. The first-order valence-corrected chi connectivity index (χ1v) is 17.7. The van der Waals surface area contributed by atoms with E-state index in [0.717, 1.165) is 0 Å². The van der Waals surface area contributed by atoms with Gasteiger partial charge in [0.25, 0.3) is 5.91 Å². The number of benzene rings is 1. The SMILES string of the molecule is C[C@@H](NC(=O)c1ccc(NNC(=O)CCCC(=O)NCCCC[C@H](NC(=O)[C@H](Cc2cnc[nH]2)NC(=O)CN)C(=O)O)cc1)C(=O)N1CCC[C@H]1B(O)O. The summed E-state index contributed by atoms with van der Waals surface area (Å²) in [4.78, 5) is 94.4. The van der Waals surface area contributed by atoms with E-state index in [1.807, 2.05) is 0 Å². The molecular formula is C33H49BN10O10. The fourth-order valence-electron chi connectivity index (χ4n) is 5.68. The zero-order valence-corrected chi connectivity index (χ0v) is 30.0. The molecule has 0 aliphatic carbocycles. The number of anilines is 1. The van der Waals surface area contributed by atoms with Gasteiger partial charge in [0.05, 0.1) is 24.5 Å². The highest BCUT2D eigenvalue weighted by atomic mass is 16.4. The molecule has 1 saturated heterocycles. The number of amides is 6. The van der Waals surface area contributed by atoms with Crippen LogP contribution in [0.1, 0.15) is 74.3 Å². The standard InChI is InChI=1S/C33H49BN10O10/c1-20(32(50)44-15-5-7-26(44)34(53)54)39-30(48)21-10-12-22(13-11-21)42-43-28(46)9-4-8-27(45)37-14-3-2-6-24(33(51)52)41-31(49)25(40-29(47)17-35)16-23-18-36-19-38-23/h10-13,18-20,24-26,42,53-54H,2-9,14-17,35H2,1H3,(H,36,38)(H,37,45)(H,39,48)(H,40,47)(H,41,49)(H,43,46)(H,51,52)/t20-,24+,25+,26+/m1/s1. The van der Waals surface area contributed by atoms with Gasteiger partial charge in [-0.05, 0) is 69.7 Å². The summed E-state index contributed by atoms with van der Waals surface area (Å²) in [6.07, 6.45) is 5.32. The number of carbonyl (C=O) groups excluding carboxylic acids is 6. The van der Waals surface area contributed by atoms with Crippen molar-refractivity contribution in [2.45, 2.75) is 88.8 Å². The highest BCUT2D eigenvalue weighted by Gasteiger charge is 2.38. The Morgan fingerprint density at radius 3 is 2.33 bits per heavy atom. The molecule has 0 saturated carbocycles. The Morgan fingerprint density at radius 2 is 1.69 bits per heavy atom. The minimum absolute atomic E-state index is 0.0467. The number of rotatable bonds is 22. The molecule has 0 bridgehead atoms. The van der Waals surface area contributed by atoms with Crippen LogP contribution in [0, 0.1) is 0 Å². The topological polar surface area (TPSA) is 310 Å². The second-order valence-corrected chi connectivity index (χ2v) is 12.8. The van der Waals surface area contributed by atoms with Crippen LogP contribution in [0.15, 0.2) is 36.8 Å². The number of hydrogen-bond donors (Lipinski definition) is 11. The predicted molar refractivity (Wildman–Crippen MR) is 194 cm³/mol. The molecule has 2 aromatic rings. The summed E-state index contributed by atoms with van der Waals surface area (Å²) in [6, 6.07) is 2.95. The third kappa shape index (κ3) is 14.1. The van der Waals surface area contributed by atoms with Crippen molar-refractivity contribution in [2.24, 2.45) is 5.73 Å². The van der Waals surface area contributed by atoms with E-state index in [0.29, 0.717) is 43.6 Å². The van der Waals surface area contributed by atoms with Gasteiger partial charge in [-0.15, -0.1) is 0 Å². The molecule has 1 aromatic heterocycles. The first-order valence-electron chi connectivity index (χ1n) is 17.7. The van der Waals surface area contributed by atoms with Gasteiger partial charge in [0.1, 0.15) is 18.1 Å². The fraction of sp³-hybridized carbons (Fsp3) is 0.515. The van der Waals surface area contributed by atoms with Gasteiger partial charge in [0, 0.05) is 49.8 Å². The van der Waals surface area contributed by atoms with Crippen molar-refractivity contribution in [3.8, 4) is 0 Å². The van der Waals surface area contributed by atoms with Crippen LogP contribution >= 0.6 is 0 Å². The normalized spacial score (nSPS) is 15.3. The van der Waals surface area contributed by atoms with Crippen LogP contribution in [0.3, 0.4) is 0 Å². The number of unbranched alkanes of at least 4 members (excludes halogenated alkanes) is 1. The maximum absolute atomic E-state index is 12.8. The summed E-state index contributed by atoms with van der Waals surface area (Å²) in [6.45, 7) is 1.81. The number of nitrogens with one attached hydrogen (secondary N) is 7. The third-order valence-electron chi connectivity index (χ3n) is 8.62. The van der Waals surface area contributed by atoms with E-state index in [9.17, 15) is 48.7 Å². The van der Waals surface area contributed by atoms with Gasteiger partial charge >= 0.3 is 13.1 Å². The van der Waals surface area contributed by atoms with Crippen molar-refractivity contribution in [3.63, 3.8) is 0 Å². The molecule has 0 spiro atoms. The lowest BCUT2D eigenvalue weighted by atomic mass is 9.78. The zero-order valence-electron chi connectivity index (χ0n) is 30.0. The number of nitrogens with zero attached hydrogens (tertiary/aromatic N) is 2. The van der Waals surface area contributed by atoms with E-state index >= 15 is 0 Å². The number of hydrazine groups is 1.